The molecule has 1 amide bonds. The third-order valence-electron chi connectivity index (χ3n) is 6.03. The highest BCUT2D eigenvalue weighted by Gasteiger charge is 2.21. The van der Waals surface area contributed by atoms with Gasteiger partial charge in [-0.05, 0) is 78.3 Å². The maximum atomic E-state index is 12.5. The normalized spacial score (nSPS) is 14.8. The van der Waals surface area contributed by atoms with Gasteiger partial charge in [-0.2, -0.15) is 0 Å². The van der Waals surface area contributed by atoms with E-state index in [2.05, 4.69) is 65.0 Å². The summed E-state index contributed by atoms with van der Waals surface area (Å²) in [7, 11) is 1.63. The van der Waals surface area contributed by atoms with Crippen LogP contribution in [0.5, 0.6) is 5.75 Å². The summed E-state index contributed by atoms with van der Waals surface area (Å²) >= 11 is 1.76. The minimum Gasteiger partial charge on any atom is -0.497 e. The number of likely N-dealkylation sites (tertiary alicyclic amines) is 1. The summed E-state index contributed by atoms with van der Waals surface area (Å²) in [5.74, 6) is 0.752. The van der Waals surface area contributed by atoms with Crippen molar-refractivity contribution in [2.24, 2.45) is 0 Å². The molecule has 1 fully saturated rings. The fourth-order valence-electron chi connectivity index (χ4n) is 4.14. The van der Waals surface area contributed by atoms with Gasteiger partial charge in [-0.3, -0.25) is 9.69 Å². The number of benzene rings is 3. The van der Waals surface area contributed by atoms with Gasteiger partial charge in [0, 0.05) is 36.1 Å². The number of piperidine rings is 1. The molecule has 1 saturated heterocycles. The second-order valence-corrected chi connectivity index (χ2v) is 9.06. The summed E-state index contributed by atoms with van der Waals surface area (Å²) in [6, 6.07) is 25.1. The molecule has 5 heteroatoms. The van der Waals surface area contributed by atoms with Crippen molar-refractivity contribution in [1.82, 2.24) is 10.2 Å². The van der Waals surface area contributed by atoms with Gasteiger partial charge < -0.3 is 10.1 Å². The minimum atomic E-state index is -0.00806. The minimum absolute atomic E-state index is 0.00806. The van der Waals surface area contributed by atoms with Crippen LogP contribution in [0.4, 0.5) is 0 Å². The molecule has 0 aliphatic carbocycles. The summed E-state index contributed by atoms with van der Waals surface area (Å²) in [6.07, 6.45) is 4.04. The van der Waals surface area contributed by atoms with E-state index in [0.717, 1.165) is 38.2 Å². The fourth-order valence-corrected chi connectivity index (χ4v) is 4.55. The van der Waals surface area contributed by atoms with E-state index in [1.54, 1.807) is 18.9 Å². The van der Waals surface area contributed by atoms with Crippen LogP contribution in [0, 0.1) is 0 Å². The van der Waals surface area contributed by atoms with Gasteiger partial charge >= 0.3 is 0 Å². The van der Waals surface area contributed by atoms with Gasteiger partial charge in [-0.1, -0.05) is 30.3 Å². The number of hydrogen-bond donors (Lipinski definition) is 1. The lowest BCUT2D eigenvalue weighted by atomic mass is 10.0. The molecule has 166 valence electrons. The lowest BCUT2D eigenvalue weighted by molar-refractivity contribution is 0.0909. The zero-order valence-electron chi connectivity index (χ0n) is 18.7. The van der Waals surface area contributed by atoms with Gasteiger partial charge in [0.1, 0.15) is 5.75 Å². The second-order valence-electron chi connectivity index (χ2n) is 8.18. The quantitative estimate of drug-likeness (QED) is 0.488. The predicted molar refractivity (Wildman–Crippen MR) is 132 cm³/mol. The average Bonchev–Trinajstić information content (AvgIpc) is 2.85. The summed E-state index contributed by atoms with van der Waals surface area (Å²) in [4.78, 5) is 16.3. The van der Waals surface area contributed by atoms with Gasteiger partial charge in [0.2, 0.25) is 0 Å². The maximum Gasteiger partial charge on any atom is 0.251 e. The molecule has 0 spiro atoms. The number of ether oxygens (including phenoxy) is 1. The maximum absolute atomic E-state index is 12.5. The van der Waals surface area contributed by atoms with Crippen LogP contribution >= 0.6 is 11.8 Å². The highest BCUT2D eigenvalue weighted by molar-refractivity contribution is 7.98. The molecule has 3 aromatic rings. The van der Waals surface area contributed by atoms with E-state index < -0.39 is 0 Å². The molecular formula is C27H30N2O2S. The number of nitrogens with zero attached hydrogens (tertiary/aromatic N) is 1. The van der Waals surface area contributed by atoms with E-state index in [-0.39, 0.29) is 11.9 Å². The molecule has 4 rings (SSSR count). The van der Waals surface area contributed by atoms with E-state index in [0.29, 0.717) is 5.56 Å². The summed E-state index contributed by atoms with van der Waals surface area (Å²) in [6.45, 7) is 2.91. The molecule has 4 nitrogen and oxygen atoms in total. The molecule has 0 atom stereocenters. The number of hydrogen-bond acceptors (Lipinski definition) is 4. The summed E-state index contributed by atoms with van der Waals surface area (Å²) in [5.41, 5.74) is 4.52. The second kappa shape index (κ2) is 10.7. The van der Waals surface area contributed by atoms with Crippen molar-refractivity contribution >= 4 is 17.7 Å². The fraction of sp³-hybridized carbons (Fsp3) is 0.296. The molecule has 3 aromatic carbocycles. The highest BCUT2D eigenvalue weighted by atomic mass is 32.2. The first-order valence-corrected chi connectivity index (χ1v) is 12.3. The molecule has 1 heterocycles. The average molecular weight is 447 g/mol. The van der Waals surface area contributed by atoms with Gasteiger partial charge in [-0.15, -0.1) is 11.8 Å². The van der Waals surface area contributed by atoms with Gasteiger partial charge in [0.15, 0.2) is 0 Å². The van der Waals surface area contributed by atoms with Crippen molar-refractivity contribution in [3.05, 3.63) is 83.9 Å². The molecule has 1 aliphatic rings. The Labute approximate surface area is 195 Å². The Hall–Kier alpha value is -2.76. The first-order chi connectivity index (χ1) is 15.6. The number of carbonyl (C=O) groups is 1. The molecule has 0 saturated carbocycles. The lowest BCUT2D eigenvalue weighted by Crippen LogP contribution is -2.44. The first-order valence-electron chi connectivity index (χ1n) is 11.1. The van der Waals surface area contributed by atoms with Crippen LogP contribution < -0.4 is 10.1 Å². The van der Waals surface area contributed by atoms with Crippen LogP contribution in [-0.4, -0.2) is 43.3 Å². The topological polar surface area (TPSA) is 41.6 Å². The standard InChI is InChI=1S/C27H30N2O2S/c1-31-25-10-6-22(7-11-25)27(30)28-24-14-16-29(17-15-24)19-20-4-3-5-23(18-20)21-8-12-26(32-2)13-9-21/h3-13,18,24H,14-17,19H2,1-2H3,(H,28,30). The Morgan fingerprint density at radius 2 is 1.72 bits per heavy atom. The molecule has 0 radical (unpaired) electrons. The number of thioether (sulfide) groups is 1. The van der Waals surface area contributed by atoms with Crippen molar-refractivity contribution in [3.63, 3.8) is 0 Å². The molecule has 1 N–H and O–H groups in total. The number of amides is 1. The van der Waals surface area contributed by atoms with Crippen molar-refractivity contribution in [2.75, 3.05) is 26.5 Å². The SMILES string of the molecule is COc1ccc(C(=O)NC2CCN(Cc3cccc(-c4ccc(SC)cc4)c3)CC2)cc1. The van der Waals surface area contributed by atoms with E-state index in [9.17, 15) is 4.79 Å². The van der Waals surface area contributed by atoms with Crippen LogP contribution in [-0.2, 0) is 6.54 Å². The monoisotopic (exact) mass is 446 g/mol. The number of carbonyl (C=O) groups excluding carboxylic acids is 1. The van der Waals surface area contributed by atoms with Crippen molar-refractivity contribution in [3.8, 4) is 16.9 Å². The third-order valence-corrected chi connectivity index (χ3v) is 6.78. The molecule has 32 heavy (non-hydrogen) atoms. The zero-order valence-corrected chi connectivity index (χ0v) is 19.5. The van der Waals surface area contributed by atoms with Gasteiger partial charge in [0.25, 0.3) is 5.91 Å². The number of rotatable bonds is 7. The Bertz CT molecular complexity index is 1030. The van der Waals surface area contributed by atoms with Crippen LogP contribution in [0.15, 0.2) is 77.7 Å². The Morgan fingerprint density at radius 1 is 1.00 bits per heavy atom. The molecule has 0 aromatic heterocycles. The van der Waals surface area contributed by atoms with E-state index in [1.165, 1.54) is 21.6 Å². The van der Waals surface area contributed by atoms with E-state index in [4.69, 9.17) is 4.74 Å². The largest absolute Gasteiger partial charge is 0.497 e. The van der Waals surface area contributed by atoms with Gasteiger partial charge in [0.05, 0.1) is 7.11 Å². The molecular weight excluding hydrogens is 416 g/mol. The zero-order chi connectivity index (χ0) is 22.3. The number of methoxy groups -OCH3 is 1. The first kappa shape index (κ1) is 22.4. The van der Waals surface area contributed by atoms with Crippen LogP contribution in [0.2, 0.25) is 0 Å². The predicted octanol–water partition coefficient (Wildman–Crippen LogP) is 5.48. The van der Waals surface area contributed by atoms with Crippen LogP contribution in [0.3, 0.4) is 0 Å². The van der Waals surface area contributed by atoms with E-state index >= 15 is 0 Å². The molecule has 1 aliphatic heterocycles. The molecule has 0 bridgehead atoms. The Kier molecular flexibility index (Phi) is 7.51. The van der Waals surface area contributed by atoms with Crippen molar-refractivity contribution < 1.29 is 9.53 Å². The van der Waals surface area contributed by atoms with Crippen molar-refractivity contribution in [1.29, 1.82) is 0 Å². The Balaban J connectivity index is 1.29. The summed E-state index contributed by atoms with van der Waals surface area (Å²) < 4.78 is 5.16. The smallest absolute Gasteiger partial charge is 0.251 e. The van der Waals surface area contributed by atoms with Gasteiger partial charge in [-0.25, -0.2) is 0 Å². The third kappa shape index (κ3) is 5.72. The van der Waals surface area contributed by atoms with Crippen molar-refractivity contribution in [2.45, 2.75) is 30.3 Å². The highest BCUT2D eigenvalue weighted by Crippen LogP contribution is 2.25. The van der Waals surface area contributed by atoms with E-state index in [1.807, 2.05) is 24.3 Å². The summed E-state index contributed by atoms with van der Waals surface area (Å²) in [5, 5.41) is 3.19. The molecule has 0 unspecified atom stereocenters. The Morgan fingerprint density at radius 3 is 2.38 bits per heavy atom. The number of nitrogens with one attached hydrogen (secondary N) is 1. The van der Waals surface area contributed by atoms with Crippen LogP contribution in [0.25, 0.3) is 11.1 Å². The van der Waals surface area contributed by atoms with Crippen LogP contribution in [0.1, 0.15) is 28.8 Å². The lowest BCUT2D eigenvalue weighted by Gasteiger charge is -2.32.